The monoisotopic (exact) mass is 526 g/mol. The molecule has 0 saturated carbocycles. The fraction of sp³-hybridized carbons (Fsp3) is 0.346. The number of nitrogens with zero attached hydrogens (tertiary/aromatic N) is 2. The summed E-state index contributed by atoms with van der Waals surface area (Å²) in [7, 11) is 3.90. The van der Waals surface area contributed by atoms with Crippen LogP contribution in [-0.2, 0) is 16.0 Å². The van der Waals surface area contributed by atoms with Gasteiger partial charge in [-0.05, 0) is 75.5 Å². The van der Waals surface area contributed by atoms with E-state index < -0.39 is 0 Å². The van der Waals surface area contributed by atoms with E-state index in [9.17, 15) is 14.4 Å². The highest BCUT2D eigenvalue weighted by Gasteiger charge is 2.22. The number of amides is 2. The molecule has 1 heterocycles. The van der Waals surface area contributed by atoms with Gasteiger partial charge in [0.05, 0.1) is 11.9 Å². The van der Waals surface area contributed by atoms with E-state index in [1.807, 2.05) is 57.1 Å². The summed E-state index contributed by atoms with van der Waals surface area (Å²) in [6.07, 6.45) is 1.33. The Hall–Kier alpha value is -2.97. The molecule has 0 aliphatic rings. The Morgan fingerprint density at radius 1 is 1.03 bits per heavy atom. The topological polar surface area (TPSA) is 83.4 Å². The Balaban J connectivity index is 2.02. The van der Waals surface area contributed by atoms with E-state index in [0.717, 1.165) is 28.4 Å². The van der Waals surface area contributed by atoms with Gasteiger partial charge in [0.15, 0.2) is 0 Å². The van der Waals surface area contributed by atoms with Crippen molar-refractivity contribution in [1.82, 2.24) is 14.8 Å². The van der Waals surface area contributed by atoms with Crippen LogP contribution < -0.4 is 10.6 Å². The van der Waals surface area contributed by atoms with Crippen molar-refractivity contribution in [1.29, 1.82) is 0 Å². The Morgan fingerprint density at radius 2 is 1.74 bits per heavy atom. The van der Waals surface area contributed by atoms with E-state index in [-0.39, 0.29) is 24.1 Å². The minimum atomic E-state index is -0.169. The Morgan fingerprint density at radius 3 is 2.38 bits per heavy atom. The number of likely N-dealkylation sites (N-methyl/N-ethyl adjacent to an activating group) is 1. The summed E-state index contributed by atoms with van der Waals surface area (Å²) in [5, 5.41) is 6.64. The largest absolute Gasteiger partial charge is 0.355 e. The first-order valence-electron chi connectivity index (χ1n) is 11.4. The first-order valence-corrected chi connectivity index (χ1v) is 12.2. The maximum absolute atomic E-state index is 13.5. The molecule has 7 nitrogen and oxygen atoms in total. The Bertz CT molecular complexity index is 1200. The van der Waals surface area contributed by atoms with Gasteiger partial charge in [-0.2, -0.15) is 0 Å². The van der Waals surface area contributed by atoms with Crippen molar-refractivity contribution >= 4 is 50.2 Å². The van der Waals surface area contributed by atoms with Crippen molar-refractivity contribution in [3.63, 3.8) is 0 Å². The molecule has 2 amide bonds. The second kappa shape index (κ2) is 11.4. The third-order valence-corrected chi connectivity index (χ3v) is 6.14. The number of hydrogen-bond acceptors (Lipinski definition) is 4. The maximum Gasteiger partial charge on any atom is 0.262 e. The molecule has 0 fully saturated rings. The lowest BCUT2D eigenvalue weighted by molar-refractivity contribution is -0.120. The van der Waals surface area contributed by atoms with Gasteiger partial charge in [0.1, 0.15) is 0 Å². The number of nitrogens with one attached hydrogen (secondary N) is 2. The van der Waals surface area contributed by atoms with Crippen LogP contribution in [0.15, 0.2) is 46.9 Å². The van der Waals surface area contributed by atoms with Gasteiger partial charge in [-0.1, -0.05) is 22.9 Å². The van der Waals surface area contributed by atoms with Crippen LogP contribution in [0.25, 0.3) is 10.9 Å². The summed E-state index contributed by atoms with van der Waals surface area (Å²) < 4.78 is 2.54. The zero-order valence-corrected chi connectivity index (χ0v) is 21.7. The molecule has 3 aromatic rings. The molecule has 0 spiro atoms. The lowest BCUT2D eigenvalue weighted by atomic mass is 10.1. The fourth-order valence-corrected chi connectivity index (χ4v) is 4.12. The lowest BCUT2D eigenvalue weighted by Crippen LogP contribution is -2.32. The molecule has 0 aliphatic carbocycles. The Labute approximate surface area is 208 Å². The number of carbonyl (C=O) groups excluding carboxylic acids is 3. The van der Waals surface area contributed by atoms with Gasteiger partial charge in [0.25, 0.3) is 5.91 Å². The standard InChI is InChI=1S/C26H31BrN4O3/c1-5-6-24(32)29-20-11-12-23-22(15-20)21(16-25(33)28-13-14-30(3)4)17(2)31(23)26(34)18-7-9-19(27)10-8-18/h7-12,15H,5-6,13-14,16H2,1-4H3,(H,28,33)(H,29,32). The molecule has 0 radical (unpaired) electrons. The Kier molecular flexibility index (Phi) is 8.63. The number of halogens is 1. The predicted molar refractivity (Wildman–Crippen MR) is 139 cm³/mol. The SMILES string of the molecule is CCCC(=O)Nc1ccc2c(c1)c(CC(=O)NCCN(C)C)c(C)n2C(=O)c1ccc(Br)cc1. The zero-order valence-electron chi connectivity index (χ0n) is 20.1. The first-order chi connectivity index (χ1) is 16.2. The van der Waals surface area contributed by atoms with Crippen LogP contribution in [0.3, 0.4) is 0 Å². The van der Waals surface area contributed by atoms with Gasteiger partial charge >= 0.3 is 0 Å². The van der Waals surface area contributed by atoms with Crippen LogP contribution in [0.2, 0.25) is 0 Å². The van der Waals surface area contributed by atoms with Crippen molar-refractivity contribution in [2.75, 3.05) is 32.5 Å². The van der Waals surface area contributed by atoms with Crippen molar-refractivity contribution in [2.45, 2.75) is 33.1 Å². The summed E-state index contributed by atoms with van der Waals surface area (Å²) in [4.78, 5) is 40.3. The molecular weight excluding hydrogens is 496 g/mol. The third-order valence-electron chi connectivity index (χ3n) is 5.61. The highest BCUT2D eigenvalue weighted by atomic mass is 79.9. The fourth-order valence-electron chi connectivity index (χ4n) is 3.86. The molecule has 0 aliphatic heterocycles. The summed E-state index contributed by atoms with van der Waals surface area (Å²) in [6, 6.07) is 12.7. The first kappa shape index (κ1) is 25.6. The van der Waals surface area contributed by atoms with Crippen LogP contribution in [0, 0.1) is 6.92 Å². The molecule has 8 heteroatoms. The zero-order chi connectivity index (χ0) is 24.8. The van der Waals surface area contributed by atoms with Crippen molar-refractivity contribution in [3.8, 4) is 0 Å². The van der Waals surface area contributed by atoms with Crippen LogP contribution in [0.5, 0.6) is 0 Å². The number of hydrogen-bond donors (Lipinski definition) is 2. The lowest BCUT2D eigenvalue weighted by Gasteiger charge is -2.11. The molecule has 0 unspecified atom stereocenters. The number of fused-ring (bicyclic) bond motifs is 1. The van der Waals surface area contributed by atoms with E-state index in [1.165, 1.54) is 0 Å². The van der Waals surface area contributed by atoms with Crippen molar-refractivity contribution in [2.24, 2.45) is 0 Å². The summed E-state index contributed by atoms with van der Waals surface area (Å²) in [6.45, 7) is 5.09. The molecule has 34 heavy (non-hydrogen) atoms. The number of aromatic nitrogens is 1. The van der Waals surface area contributed by atoms with E-state index in [0.29, 0.717) is 35.4 Å². The summed E-state index contributed by atoms with van der Waals surface area (Å²) >= 11 is 3.40. The minimum absolute atomic E-state index is 0.0630. The highest BCUT2D eigenvalue weighted by molar-refractivity contribution is 9.10. The van der Waals surface area contributed by atoms with Gasteiger partial charge in [-0.3, -0.25) is 19.0 Å². The van der Waals surface area contributed by atoms with Crippen LogP contribution in [-0.4, -0.2) is 54.4 Å². The van der Waals surface area contributed by atoms with Gasteiger partial charge < -0.3 is 15.5 Å². The smallest absolute Gasteiger partial charge is 0.262 e. The molecule has 180 valence electrons. The van der Waals surface area contributed by atoms with Gasteiger partial charge in [-0.25, -0.2) is 0 Å². The van der Waals surface area contributed by atoms with Crippen molar-refractivity contribution in [3.05, 3.63) is 63.8 Å². The van der Waals surface area contributed by atoms with Gasteiger partial charge in [0.2, 0.25) is 11.8 Å². The number of benzene rings is 2. The third kappa shape index (κ3) is 6.12. The van der Waals surface area contributed by atoms with Crippen LogP contribution in [0.4, 0.5) is 5.69 Å². The van der Waals surface area contributed by atoms with Gasteiger partial charge in [-0.15, -0.1) is 0 Å². The van der Waals surface area contributed by atoms with E-state index in [4.69, 9.17) is 0 Å². The molecule has 0 bridgehead atoms. The average molecular weight is 527 g/mol. The van der Waals surface area contributed by atoms with E-state index in [2.05, 4.69) is 26.6 Å². The van der Waals surface area contributed by atoms with E-state index in [1.54, 1.807) is 22.8 Å². The normalized spacial score (nSPS) is 11.1. The molecular formula is C26H31BrN4O3. The molecule has 0 saturated heterocycles. The predicted octanol–water partition coefficient (Wildman–Crippen LogP) is 4.36. The second-order valence-electron chi connectivity index (χ2n) is 8.57. The average Bonchev–Trinajstić information content (AvgIpc) is 3.04. The molecule has 3 rings (SSSR count). The molecule has 2 aromatic carbocycles. The summed E-state index contributed by atoms with van der Waals surface area (Å²) in [5.41, 5.74) is 3.38. The molecule has 1 aromatic heterocycles. The highest BCUT2D eigenvalue weighted by Crippen LogP contribution is 2.30. The number of anilines is 1. The van der Waals surface area contributed by atoms with E-state index >= 15 is 0 Å². The van der Waals surface area contributed by atoms with Crippen LogP contribution >= 0.6 is 15.9 Å². The quantitative estimate of drug-likeness (QED) is 0.433. The number of rotatable bonds is 9. The number of carbonyl (C=O) groups is 3. The summed E-state index contributed by atoms with van der Waals surface area (Å²) in [5.74, 6) is -0.343. The molecule has 2 N–H and O–H groups in total. The van der Waals surface area contributed by atoms with Crippen molar-refractivity contribution < 1.29 is 14.4 Å². The maximum atomic E-state index is 13.5. The van der Waals surface area contributed by atoms with Crippen LogP contribution in [0.1, 0.15) is 41.4 Å². The second-order valence-corrected chi connectivity index (χ2v) is 9.49. The van der Waals surface area contributed by atoms with Gasteiger partial charge in [0, 0.05) is 46.3 Å². The molecule has 0 atom stereocenters. The minimum Gasteiger partial charge on any atom is -0.355 e.